The van der Waals surface area contributed by atoms with Gasteiger partial charge in [-0.1, -0.05) is 6.07 Å². The Labute approximate surface area is 94.3 Å². The molecule has 0 fully saturated rings. The van der Waals surface area contributed by atoms with E-state index in [-0.39, 0.29) is 17.5 Å². The lowest BCUT2D eigenvalue weighted by Crippen LogP contribution is -2.34. The average molecular weight is 223 g/mol. The van der Waals surface area contributed by atoms with Gasteiger partial charge in [-0.15, -0.1) is 0 Å². The second-order valence-electron chi connectivity index (χ2n) is 3.76. The SMILES string of the molecule is CC(CC(N)=O)NCCn1ccccc1=O. The third kappa shape index (κ3) is 4.27. The molecule has 0 aliphatic heterocycles. The molecular weight excluding hydrogens is 206 g/mol. The maximum atomic E-state index is 11.3. The molecule has 5 nitrogen and oxygen atoms in total. The maximum absolute atomic E-state index is 11.3. The number of hydrogen-bond acceptors (Lipinski definition) is 3. The number of carbonyl (C=O) groups is 1. The van der Waals surface area contributed by atoms with E-state index < -0.39 is 0 Å². The number of amides is 1. The Bertz CT molecular complexity index is 400. The maximum Gasteiger partial charge on any atom is 0.250 e. The van der Waals surface area contributed by atoms with Crippen molar-refractivity contribution in [1.29, 1.82) is 0 Å². The summed E-state index contributed by atoms with van der Waals surface area (Å²) in [7, 11) is 0. The molecule has 0 saturated heterocycles. The predicted molar refractivity (Wildman–Crippen MR) is 62.0 cm³/mol. The van der Waals surface area contributed by atoms with Crippen molar-refractivity contribution in [3.05, 3.63) is 34.7 Å². The molecule has 0 spiro atoms. The molecule has 3 N–H and O–H groups in total. The van der Waals surface area contributed by atoms with E-state index in [1.807, 2.05) is 13.0 Å². The van der Waals surface area contributed by atoms with Gasteiger partial charge in [0.25, 0.3) is 5.56 Å². The van der Waals surface area contributed by atoms with Gasteiger partial charge < -0.3 is 15.6 Å². The van der Waals surface area contributed by atoms with E-state index >= 15 is 0 Å². The quantitative estimate of drug-likeness (QED) is 0.695. The Morgan fingerprint density at radius 1 is 1.56 bits per heavy atom. The van der Waals surface area contributed by atoms with E-state index in [9.17, 15) is 9.59 Å². The first-order valence-electron chi connectivity index (χ1n) is 5.27. The van der Waals surface area contributed by atoms with E-state index in [2.05, 4.69) is 5.32 Å². The van der Waals surface area contributed by atoms with Crippen LogP contribution in [0.1, 0.15) is 13.3 Å². The molecule has 16 heavy (non-hydrogen) atoms. The van der Waals surface area contributed by atoms with Gasteiger partial charge in [0.05, 0.1) is 0 Å². The Morgan fingerprint density at radius 3 is 2.94 bits per heavy atom. The summed E-state index contributed by atoms with van der Waals surface area (Å²) in [5.74, 6) is -0.322. The van der Waals surface area contributed by atoms with Crippen LogP contribution in [0.5, 0.6) is 0 Å². The molecule has 0 saturated carbocycles. The minimum absolute atomic E-state index is 0.0214. The summed E-state index contributed by atoms with van der Waals surface area (Å²) in [6.07, 6.45) is 2.05. The summed E-state index contributed by atoms with van der Waals surface area (Å²) in [5, 5.41) is 3.13. The largest absolute Gasteiger partial charge is 0.370 e. The summed E-state index contributed by atoms with van der Waals surface area (Å²) >= 11 is 0. The fourth-order valence-electron chi connectivity index (χ4n) is 1.45. The summed E-state index contributed by atoms with van der Waals surface area (Å²) < 4.78 is 1.62. The number of nitrogens with two attached hydrogens (primary N) is 1. The van der Waals surface area contributed by atoms with Crippen LogP contribution >= 0.6 is 0 Å². The van der Waals surface area contributed by atoms with Gasteiger partial charge >= 0.3 is 0 Å². The van der Waals surface area contributed by atoms with Crippen LogP contribution < -0.4 is 16.6 Å². The van der Waals surface area contributed by atoms with Gasteiger partial charge in [-0.25, -0.2) is 0 Å². The minimum atomic E-state index is -0.322. The van der Waals surface area contributed by atoms with Crippen LogP contribution in [-0.4, -0.2) is 23.1 Å². The molecular formula is C11H17N3O2. The lowest BCUT2D eigenvalue weighted by Gasteiger charge is -2.12. The zero-order valence-corrected chi connectivity index (χ0v) is 9.35. The summed E-state index contributed by atoms with van der Waals surface area (Å²) in [6, 6.07) is 5.08. The van der Waals surface area contributed by atoms with Crippen molar-refractivity contribution in [3.63, 3.8) is 0 Å². The summed E-state index contributed by atoms with van der Waals surface area (Å²) in [6.45, 7) is 3.11. The van der Waals surface area contributed by atoms with Crippen LogP contribution in [0, 0.1) is 0 Å². The van der Waals surface area contributed by atoms with E-state index in [4.69, 9.17) is 5.73 Å². The number of pyridine rings is 1. The highest BCUT2D eigenvalue weighted by Crippen LogP contribution is 1.88. The monoisotopic (exact) mass is 223 g/mol. The predicted octanol–water partition coefficient (Wildman–Crippen LogP) is -0.298. The second-order valence-corrected chi connectivity index (χ2v) is 3.76. The number of carbonyl (C=O) groups excluding carboxylic acids is 1. The van der Waals surface area contributed by atoms with Crippen LogP contribution in [0.3, 0.4) is 0 Å². The molecule has 1 atom stereocenters. The number of nitrogens with one attached hydrogen (secondary N) is 1. The highest BCUT2D eigenvalue weighted by atomic mass is 16.1. The van der Waals surface area contributed by atoms with Gasteiger partial charge in [0.15, 0.2) is 0 Å². The van der Waals surface area contributed by atoms with Crippen molar-refractivity contribution in [2.75, 3.05) is 6.54 Å². The fourth-order valence-corrected chi connectivity index (χ4v) is 1.45. The van der Waals surface area contributed by atoms with Crippen LogP contribution in [0.15, 0.2) is 29.2 Å². The number of primary amides is 1. The van der Waals surface area contributed by atoms with Crippen molar-refractivity contribution in [2.24, 2.45) is 5.73 Å². The number of nitrogens with zero attached hydrogens (tertiary/aromatic N) is 1. The first-order chi connectivity index (χ1) is 7.59. The lowest BCUT2D eigenvalue weighted by atomic mass is 10.2. The van der Waals surface area contributed by atoms with E-state index in [1.54, 1.807) is 16.8 Å². The summed E-state index contributed by atoms with van der Waals surface area (Å²) in [4.78, 5) is 22.0. The normalized spacial score (nSPS) is 12.3. The van der Waals surface area contributed by atoms with E-state index in [0.717, 1.165) is 0 Å². The Balaban J connectivity index is 2.33. The van der Waals surface area contributed by atoms with Crippen molar-refractivity contribution in [2.45, 2.75) is 25.9 Å². The molecule has 1 aromatic heterocycles. The molecule has 1 rings (SSSR count). The standard InChI is InChI=1S/C11H17N3O2/c1-9(8-10(12)15)13-5-7-14-6-3-2-4-11(14)16/h2-4,6,9,13H,5,7-8H2,1H3,(H2,12,15). The number of aromatic nitrogens is 1. The van der Waals surface area contributed by atoms with Crippen molar-refractivity contribution >= 4 is 5.91 Å². The van der Waals surface area contributed by atoms with E-state index in [1.165, 1.54) is 6.07 Å². The second kappa shape index (κ2) is 6.07. The zero-order valence-electron chi connectivity index (χ0n) is 9.35. The molecule has 0 aromatic carbocycles. The van der Waals surface area contributed by atoms with Gasteiger partial charge in [0, 0.05) is 37.8 Å². The van der Waals surface area contributed by atoms with Crippen molar-refractivity contribution in [3.8, 4) is 0 Å². The highest BCUT2D eigenvalue weighted by Gasteiger charge is 2.04. The van der Waals surface area contributed by atoms with Crippen molar-refractivity contribution in [1.82, 2.24) is 9.88 Å². The van der Waals surface area contributed by atoms with Gasteiger partial charge in [-0.2, -0.15) is 0 Å². The van der Waals surface area contributed by atoms with Crippen molar-refractivity contribution < 1.29 is 4.79 Å². The lowest BCUT2D eigenvalue weighted by molar-refractivity contribution is -0.118. The topological polar surface area (TPSA) is 77.1 Å². The Morgan fingerprint density at radius 2 is 2.31 bits per heavy atom. The van der Waals surface area contributed by atoms with E-state index in [0.29, 0.717) is 19.5 Å². The molecule has 1 unspecified atom stereocenters. The molecule has 0 aliphatic rings. The first kappa shape index (κ1) is 12.4. The van der Waals surface area contributed by atoms with Gasteiger partial charge in [0.2, 0.25) is 5.91 Å². The highest BCUT2D eigenvalue weighted by molar-refractivity contribution is 5.74. The fraction of sp³-hybridized carbons (Fsp3) is 0.455. The molecule has 0 aliphatic carbocycles. The molecule has 88 valence electrons. The zero-order chi connectivity index (χ0) is 12.0. The molecule has 1 aromatic rings. The third-order valence-electron chi connectivity index (χ3n) is 2.25. The molecule has 5 heteroatoms. The summed E-state index contributed by atoms with van der Waals surface area (Å²) in [5.41, 5.74) is 5.04. The molecule has 0 bridgehead atoms. The third-order valence-corrected chi connectivity index (χ3v) is 2.25. The smallest absolute Gasteiger partial charge is 0.250 e. The minimum Gasteiger partial charge on any atom is -0.370 e. The average Bonchev–Trinajstić information content (AvgIpc) is 2.19. The number of rotatable bonds is 6. The number of hydrogen-bond donors (Lipinski definition) is 2. The van der Waals surface area contributed by atoms with Gasteiger partial charge in [0.1, 0.15) is 0 Å². The van der Waals surface area contributed by atoms with Crippen LogP contribution in [0.4, 0.5) is 0 Å². The molecule has 1 heterocycles. The Kier molecular flexibility index (Phi) is 4.72. The van der Waals surface area contributed by atoms with Gasteiger partial charge in [-0.05, 0) is 13.0 Å². The van der Waals surface area contributed by atoms with Gasteiger partial charge in [-0.3, -0.25) is 9.59 Å². The molecule has 0 radical (unpaired) electrons. The Hall–Kier alpha value is -1.62. The van der Waals surface area contributed by atoms with Crippen LogP contribution in [0.2, 0.25) is 0 Å². The van der Waals surface area contributed by atoms with Crippen LogP contribution in [-0.2, 0) is 11.3 Å². The first-order valence-corrected chi connectivity index (χ1v) is 5.27. The molecule has 1 amide bonds. The van der Waals surface area contributed by atoms with Crippen LogP contribution in [0.25, 0.3) is 0 Å².